The molecule has 0 amide bonds. The number of hydrazine groups is 1. The topological polar surface area (TPSA) is 84.4 Å². The standard InChI is InChI=1S/C14H18N4O2S/c1-2-17(10-12-6-4-8-21-12)9-11-5-3-7-13(18(19)20)14(11)16-15/h3-8,16H,2,9-10,15H2,1H3. The zero-order valence-electron chi connectivity index (χ0n) is 11.8. The third-order valence-corrected chi connectivity index (χ3v) is 4.13. The van der Waals surface area contributed by atoms with Gasteiger partial charge in [0.2, 0.25) is 0 Å². The average Bonchev–Trinajstić information content (AvgIpc) is 2.99. The van der Waals surface area contributed by atoms with E-state index in [1.165, 1.54) is 10.9 Å². The first-order chi connectivity index (χ1) is 10.2. The van der Waals surface area contributed by atoms with Crippen LogP contribution in [0.15, 0.2) is 35.7 Å². The van der Waals surface area contributed by atoms with Gasteiger partial charge in [0, 0.05) is 24.0 Å². The minimum Gasteiger partial charge on any atom is -0.318 e. The lowest BCUT2D eigenvalue weighted by Crippen LogP contribution is -2.23. The van der Waals surface area contributed by atoms with Crippen LogP contribution in [0.4, 0.5) is 11.4 Å². The Bertz CT molecular complexity index is 601. The molecule has 0 aliphatic carbocycles. The Morgan fingerprint density at radius 2 is 2.14 bits per heavy atom. The number of nitro groups is 1. The van der Waals surface area contributed by atoms with E-state index in [9.17, 15) is 10.1 Å². The fraction of sp³-hybridized carbons (Fsp3) is 0.286. The summed E-state index contributed by atoms with van der Waals surface area (Å²) in [4.78, 5) is 14.1. The van der Waals surface area contributed by atoms with Crippen molar-refractivity contribution in [3.05, 3.63) is 56.3 Å². The maximum atomic E-state index is 11.0. The summed E-state index contributed by atoms with van der Waals surface area (Å²) in [6.07, 6.45) is 0. The van der Waals surface area contributed by atoms with E-state index in [2.05, 4.69) is 23.3 Å². The number of nitrogens with two attached hydrogens (primary N) is 1. The molecule has 0 saturated heterocycles. The number of nitrogens with one attached hydrogen (secondary N) is 1. The van der Waals surface area contributed by atoms with E-state index in [4.69, 9.17) is 5.84 Å². The number of hydrogen-bond acceptors (Lipinski definition) is 6. The third-order valence-electron chi connectivity index (χ3n) is 3.27. The van der Waals surface area contributed by atoms with Gasteiger partial charge in [-0.15, -0.1) is 11.3 Å². The van der Waals surface area contributed by atoms with Crippen molar-refractivity contribution < 1.29 is 4.92 Å². The predicted octanol–water partition coefficient (Wildman–Crippen LogP) is 2.96. The Hall–Kier alpha value is -1.96. The lowest BCUT2D eigenvalue weighted by molar-refractivity contribution is -0.384. The quantitative estimate of drug-likeness (QED) is 0.467. The summed E-state index contributed by atoms with van der Waals surface area (Å²) in [5, 5.41) is 13.1. The monoisotopic (exact) mass is 306 g/mol. The maximum absolute atomic E-state index is 11.0. The molecule has 1 heterocycles. The average molecular weight is 306 g/mol. The fourth-order valence-electron chi connectivity index (χ4n) is 2.18. The number of anilines is 1. The zero-order chi connectivity index (χ0) is 15.2. The van der Waals surface area contributed by atoms with Crippen molar-refractivity contribution in [2.24, 2.45) is 5.84 Å². The number of nitrogen functional groups attached to an aromatic ring is 1. The van der Waals surface area contributed by atoms with Crippen LogP contribution in [0.25, 0.3) is 0 Å². The van der Waals surface area contributed by atoms with Crippen molar-refractivity contribution in [3.8, 4) is 0 Å². The van der Waals surface area contributed by atoms with E-state index >= 15 is 0 Å². The Kier molecular flexibility index (Phi) is 5.26. The molecule has 3 N–H and O–H groups in total. The van der Waals surface area contributed by atoms with E-state index in [-0.39, 0.29) is 5.69 Å². The number of benzene rings is 1. The van der Waals surface area contributed by atoms with Crippen LogP contribution in [-0.4, -0.2) is 16.4 Å². The Labute approximate surface area is 127 Å². The second kappa shape index (κ2) is 7.16. The molecule has 0 saturated carbocycles. The van der Waals surface area contributed by atoms with Crippen LogP contribution in [-0.2, 0) is 13.1 Å². The molecule has 0 aliphatic heterocycles. The largest absolute Gasteiger partial charge is 0.318 e. The number of hydrogen-bond donors (Lipinski definition) is 2. The van der Waals surface area contributed by atoms with Gasteiger partial charge in [-0.1, -0.05) is 25.1 Å². The summed E-state index contributed by atoms with van der Waals surface area (Å²) in [7, 11) is 0. The van der Waals surface area contributed by atoms with Gasteiger partial charge in [-0.25, -0.2) is 0 Å². The van der Waals surface area contributed by atoms with Crippen LogP contribution in [0.3, 0.4) is 0 Å². The number of nitrogens with zero attached hydrogens (tertiary/aromatic N) is 2. The molecular weight excluding hydrogens is 288 g/mol. The minimum absolute atomic E-state index is 0.00202. The van der Waals surface area contributed by atoms with Gasteiger partial charge in [0.05, 0.1) is 4.92 Å². The van der Waals surface area contributed by atoms with Crippen LogP contribution in [0.1, 0.15) is 17.4 Å². The van der Waals surface area contributed by atoms with Crippen LogP contribution < -0.4 is 11.3 Å². The lowest BCUT2D eigenvalue weighted by atomic mass is 10.1. The smallest absolute Gasteiger partial charge is 0.293 e. The summed E-state index contributed by atoms with van der Waals surface area (Å²) in [6, 6.07) is 9.11. The van der Waals surface area contributed by atoms with E-state index in [0.29, 0.717) is 12.2 Å². The summed E-state index contributed by atoms with van der Waals surface area (Å²) >= 11 is 1.70. The molecule has 0 unspecified atom stereocenters. The van der Waals surface area contributed by atoms with Gasteiger partial charge in [0.25, 0.3) is 5.69 Å². The normalized spacial score (nSPS) is 10.8. The molecule has 0 fully saturated rings. The molecule has 0 aliphatic rings. The SMILES string of the molecule is CCN(Cc1cccs1)Cc1cccc([N+](=O)[O-])c1NN. The summed E-state index contributed by atoms with van der Waals surface area (Å²) in [5.74, 6) is 5.47. The minimum atomic E-state index is -0.422. The lowest BCUT2D eigenvalue weighted by Gasteiger charge is -2.21. The zero-order valence-corrected chi connectivity index (χ0v) is 12.6. The highest BCUT2D eigenvalue weighted by atomic mass is 32.1. The Morgan fingerprint density at radius 1 is 1.33 bits per heavy atom. The molecule has 7 heteroatoms. The number of thiophene rings is 1. The molecule has 2 rings (SSSR count). The number of para-hydroxylation sites is 1. The Balaban J connectivity index is 2.20. The molecule has 1 aromatic carbocycles. The van der Waals surface area contributed by atoms with Gasteiger partial charge >= 0.3 is 0 Å². The van der Waals surface area contributed by atoms with Crippen molar-refractivity contribution in [2.75, 3.05) is 12.0 Å². The molecule has 21 heavy (non-hydrogen) atoms. The molecule has 0 bridgehead atoms. The highest BCUT2D eigenvalue weighted by molar-refractivity contribution is 7.09. The number of rotatable bonds is 7. The van der Waals surface area contributed by atoms with Gasteiger partial charge in [-0.3, -0.25) is 20.9 Å². The van der Waals surface area contributed by atoms with Crippen LogP contribution in [0, 0.1) is 10.1 Å². The summed E-state index contributed by atoms with van der Waals surface area (Å²) < 4.78 is 0. The van der Waals surface area contributed by atoms with Crippen molar-refractivity contribution >= 4 is 22.7 Å². The molecule has 112 valence electrons. The van der Waals surface area contributed by atoms with E-state index in [1.54, 1.807) is 17.4 Å². The summed E-state index contributed by atoms with van der Waals surface area (Å²) in [5.41, 5.74) is 3.68. The first kappa shape index (κ1) is 15.4. The fourth-order valence-corrected chi connectivity index (χ4v) is 2.93. The van der Waals surface area contributed by atoms with Gasteiger partial charge < -0.3 is 5.43 Å². The van der Waals surface area contributed by atoms with Crippen molar-refractivity contribution in [1.82, 2.24) is 4.90 Å². The second-order valence-corrected chi connectivity index (χ2v) is 5.63. The predicted molar refractivity (Wildman–Crippen MR) is 85.0 cm³/mol. The first-order valence-corrected chi connectivity index (χ1v) is 7.51. The van der Waals surface area contributed by atoms with Crippen molar-refractivity contribution in [1.29, 1.82) is 0 Å². The van der Waals surface area contributed by atoms with E-state index in [0.717, 1.165) is 18.7 Å². The van der Waals surface area contributed by atoms with Crippen molar-refractivity contribution in [3.63, 3.8) is 0 Å². The van der Waals surface area contributed by atoms with E-state index in [1.807, 2.05) is 17.5 Å². The third kappa shape index (κ3) is 3.78. The van der Waals surface area contributed by atoms with Gasteiger partial charge in [0.15, 0.2) is 0 Å². The first-order valence-electron chi connectivity index (χ1n) is 6.63. The van der Waals surface area contributed by atoms with Crippen LogP contribution >= 0.6 is 11.3 Å². The van der Waals surface area contributed by atoms with Crippen molar-refractivity contribution in [2.45, 2.75) is 20.0 Å². The molecule has 6 nitrogen and oxygen atoms in total. The van der Waals surface area contributed by atoms with Gasteiger partial charge in [-0.2, -0.15) is 0 Å². The van der Waals surface area contributed by atoms with Crippen LogP contribution in [0.2, 0.25) is 0 Å². The van der Waals surface area contributed by atoms with E-state index < -0.39 is 4.92 Å². The molecule has 1 aromatic heterocycles. The number of nitro benzene ring substituents is 1. The van der Waals surface area contributed by atoms with Crippen LogP contribution in [0.5, 0.6) is 0 Å². The van der Waals surface area contributed by atoms with Gasteiger partial charge in [-0.05, 0) is 23.6 Å². The molecule has 2 aromatic rings. The molecule has 0 atom stereocenters. The highest BCUT2D eigenvalue weighted by Crippen LogP contribution is 2.28. The molecular formula is C14H18N4O2S. The van der Waals surface area contributed by atoms with Gasteiger partial charge in [0.1, 0.15) is 5.69 Å². The second-order valence-electron chi connectivity index (χ2n) is 4.60. The molecule has 0 radical (unpaired) electrons. The Morgan fingerprint density at radius 3 is 2.71 bits per heavy atom. The summed E-state index contributed by atoms with van der Waals surface area (Å²) in [6.45, 7) is 4.35. The molecule has 0 spiro atoms. The maximum Gasteiger partial charge on any atom is 0.293 e. The highest BCUT2D eigenvalue weighted by Gasteiger charge is 2.18.